The summed E-state index contributed by atoms with van der Waals surface area (Å²) in [6, 6.07) is 8.85. The van der Waals surface area contributed by atoms with Crippen LogP contribution in [0.1, 0.15) is 26.3 Å². The fourth-order valence-corrected chi connectivity index (χ4v) is 1.30. The number of carbonyl (C=O) groups excluding carboxylic acids is 1. The number of hydrogen-bond donors (Lipinski definition) is 1. The number of benzene rings is 1. The van der Waals surface area contributed by atoms with Crippen molar-refractivity contribution in [1.82, 2.24) is 5.32 Å². The van der Waals surface area contributed by atoms with Crippen molar-refractivity contribution in [2.75, 3.05) is 0 Å². The van der Waals surface area contributed by atoms with Crippen molar-refractivity contribution in [3.05, 3.63) is 29.8 Å². The molecule has 1 amide bonds. The SMILES string of the molecule is CC(C)NC(=O)[C@H](C)Oc1cccc(C#N)c1. The van der Waals surface area contributed by atoms with Gasteiger partial charge in [-0.05, 0) is 39.0 Å². The first kappa shape index (κ1) is 13.0. The van der Waals surface area contributed by atoms with E-state index in [1.165, 1.54) is 0 Å². The number of carbonyl (C=O) groups is 1. The second kappa shape index (κ2) is 5.90. The quantitative estimate of drug-likeness (QED) is 0.861. The van der Waals surface area contributed by atoms with Crippen LogP contribution in [0.3, 0.4) is 0 Å². The van der Waals surface area contributed by atoms with Crippen LogP contribution < -0.4 is 10.1 Å². The smallest absolute Gasteiger partial charge is 0.260 e. The van der Waals surface area contributed by atoms with Crippen molar-refractivity contribution in [3.63, 3.8) is 0 Å². The average molecular weight is 232 g/mol. The van der Waals surface area contributed by atoms with Gasteiger partial charge in [0.2, 0.25) is 0 Å². The maximum Gasteiger partial charge on any atom is 0.260 e. The van der Waals surface area contributed by atoms with Crippen LogP contribution in [-0.2, 0) is 4.79 Å². The maximum absolute atomic E-state index is 11.6. The zero-order chi connectivity index (χ0) is 12.8. The standard InChI is InChI=1S/C13H16N2O2/c1-9(2)15-13(16)10(3)17-12-6-4-5-11(7-12)8-14/h4-7,9-10H,1-3H3,(H,15,16)/t10-/m0/s1. The molecule has 0 aromatic heterocycles. The van der Waals surface area contributed by atoms with Crippen LogP contribution in [0.5, 0.6) is 5.75 Å². The Morgan fingerprint density at radius 2 is 2.12 bits per heavy atom. The molecule has 0 bridgehead atoms. The van der Waals surface area contributed by atoms with E-state index >= 15 is 0 Å². The molecule has 1 aromatic rings. The third-order valence-electron chi connectivity index (χ3n) is 2.08. The lowest BCUT2D eigenvalue weighted by atomic mass is 10.2. The van der Waals surface area contributed by atoms with Crippen LogP contribution in [0.15, 0.2) is 24.3 Å². The van der Waals surface area contributed by atoms with Crippen molar-refractivity contribution in [2.24, 2.45) is 0 Å². The van der Waals surface area contributed by atoms with Crippen LogP contribution >= 0.6 is 0 Å². The van der Waals surface area contributed by atoms with E-state index in [-0.39, 0.29) is 11.9 Å². The molecule has 17 heavy (non-hydrogen) atoms. The minimum absolute atomic E-state index is 0.0824. The molecule has 0 heterocycles. The number of amides is 1. The highest BCUT2D eigenvalue weighted by Crippen LogP contribution is 2.14. The molecule has 0 aliphatic heterocycles. The van der Waals surface area contributed by atoms with Crippen molar-refractivity contribution in [1.29, 1.82) is 5.26 Å². The highest BCUT2D eigenvalue weighted by Gasteiger charge is 2.15. The second-order valence-corrected chi connectivity index (χ2v) is 4.06. The Labute approximate surface area is 101 Å². The first-order valence-electron chi connectivity index (χ1n) is 5.50. The molecular weight excluding hydrogens is 216 g/mol. The van der Waals surface area contributed by atoms with Crippen molar-refractivity contribution in [2.45, 2.75) is 32.9 Å². The molecule has 0 fully saturated rings. The molecule has 0 radical (unpaired) electrons. The lowest BCUT2D eigenvalue weighted by Crippen LogP contribution is -2.40. The van der Waals surface area contributed by atoms with Crippen molar-refractivity contribution < 1.29 is 9.53 Å². The number of hydrogen-bond acceptors (Lipinski definition) is 3. The van der Waals surface area contributed by atoms with Gasteiger partial charge in [-0.25, -0.2) is 0 Å². The number of rotatable bonds is 4. The summed E-state index contributed by atoms with van der Waals surface area (Å²) in [5.74, 6) is 0.359. The minimum Gasteiger partial charge on any atom is -0.481 e. The molecule has 0 aliphatic rings. The molecule has 0 spiro atoms. The summed E-state index contributed by atoms with van der Waals surface area (Å²) in [6.45, 7) is 5.46. The lowest BCUT2D eigenvalue weighted by molar-refractivity contribution is -0.127. The first-order valence-corrected chi connectivity index (χ1v) is 5.50. The summed E-state index contributed by atoms with van der Waals surface area (Å²) in [7, 11) is 0. The fraction of sp³-hybridized carbons (Fsp3) is 0.385. The Hall–Kier alpha value is -2.02. The van der Waals surface area contributed by atoms with Crippen LogP contribution in [0, 0.1) is 11.3 Å². The van der Waals surface area contributed by atoms with Crippen molar-refractivity contribution in [3.8, 4) is 11.8 Å². The first-order chi connectivity index (χ1) is 8.02. The van der Waals surface area contributed by atoms with Crippen LogP contribution in [0.4, 0.5) is 0 Å². The van der Waals surface area contributed by atoms with Gasteiger partial charge in [0.1, 0.15) is 5.75 Å². The summed E-state index contributed by atoms with van der Waals surface area (Å²) >= 11 is 0. The largest absolute Gasteiger partial charge is 0.481 e. The van der Waals surface area contributed by atoms with Crippen molar-refractivity contribution >= 4 is 5.91 Å². The molecule has 1 N–H and O–H groups in total. The summed E-state index contributed by atoms with van der Waals surface area (Å²) in [6.07, 6.45) is -0.577. The van der Waals surface area contributed by atoms with Gasteiger partial charge in [0, 0.05) is 6.04 Å². The number of nitrogens with zero attached hydrogens (tertiary/aromatic N) is 1. The summed E-state index contributed by atoms with van der Waals surface area (Å²) < 4.78 is 5.46. The number of nitrogens with one attached hydrogen (secondary N) is 1. The Kier molecular flexibility index (Phi) is 4.53. The zero-order valence-corrected chi connectivity index (χ0v) is 10.2. The average Bonchev–Trinajstić information content (AvgIpc) is 2.28. The Morgan fingerprint density at radius 3 is 2.71 bits per heavy atom. The van der Waals surface area contributed by atoms with E-state index in [0.29, 0.717) is 11.3 Å². The summed E-state index contributed by atoms with van der Waals surface area (Å²) in [5.41, 5.74) is 0.513. The van der Waals surface area contributed by atoms with Gasteiger partial charge in [0.15, 0.2) is 6.10 Å². The van der Waals surface area contributed by atoms with Gasteiger partial charge in [-0.1, -0.05) is 6.07 Å². The molecule has 1 atom stereocenters. The Morgan fingerprint density at radius 1 is 1.41 bits per heavy atom. The molecule has 0 aliphatic carbocycles. The second-order valence-electron chi connectivity index (χ2n) is 4.06. The highest BCUT2D eigenvalue weighted by molar-refractivity contribution is 5.80. The number of ether oxygens (including phenoxy) is 1. The minimum atomic E-state index is -0.577. The number of nitriles is 1. The van der Waals surface area contributed by atoms with E-state index in [9.17, 15) is 4.79 Å². The van der Waals surface area contributed by atoms with Gasteiger partial charge in [-0.15, -0.1) is 0 Å². The molecule has 1 rings (SSSR count). The van der Waals surface area contributed by atoms with E-state index < -0.39 is 6.10 Å². The lowest BCUT2D eigenvalue weighted by Gasteiger charge is -2.16. The molecule has 0 unspecified atom stereocenters. The van der Waals surface area contributed by atoms with E-state index in [0.717, 1.165) is 0 Å². The van der Waals surface area contributed by atoms with Gasteiger partial charge in [0.25, 0.3) is 5.91 Å². The highest BCUT2D eigenvalue weighted by atomic mass is 16.5. The molecule has 4 heteroatoms. The monoisotopic (exact) mass is 232 g/mol. The molecular formula is C13H16N2O2. The molecule has 0 saturated carbocycles. The fourth-order valence-electron chi connectivity index (χ4n) is 1.30. The van der Waals surface area contributed by atoms with E-state index in [1.807, 2.05) is 19.9 Å². The summed E-state index contributed by atoms with van der Waals surface area (Å²) in [4.78, 5) is 11.6. The third kappa shape index (κ3) is 4.15. The van der Waals surface area contributed by atoms with E-state index in [1.54, 1.807) is 31.2 Å². The van der Waals surface area contributed by atoms with E-state index in [2.05, 4.69) is 5.32 Å². The van der Waals surface area contributed by atoms with Crippen LogP contribution in [-0.4, -0.2) is 18.1 Å². The Bertz CT molecular complexity index is 435. The topological polar surface area (TPSA) is 62.1 Å². The molecule has 4 nitrogen and oxygen atoms in total. The predicted molar refractivity (Wildman–Crippen MR) is 64.5 cm³/mol. The molecule has 1 aromatic carbocycles. The van der Waals surface area contributed by atoms with Gasteiger partial charge in [0.05, 0.1) is 11.6 Å². The van der Waals surface area contributed by atoms with Crippen LogP contribution in [0.25, 0.3) is 0 Å². The summed E-state index contributed by atoms with van der Waals surface area (Å²) in [5, 5.41) is 11.5. The molecule has 0 saturated heterocycles. The van der Waals surface area contributed by atoms with Crippen LogP contribution in [0.2, 0.25) is 0 Å². The normalized spacial score (nSPS) is 11.7. The van der Waals surface area contributed by atoms with Gasteiger partial charge in [-0.2, -0.15) is 5.26 Å². The zero-order valence-electron chi connectivity index (χ0n) is 10.2. The third-order valence-corrected chi connectivity index (χ3v) is 2.08. The van der Waals surface area contributed by atoms with Gasteiger partial charge < -0.3 is 10.1 Å². The van der Waals surface area contributed by atoms with Gasteiger partial charge >= 0.3 is 0 Å². The maximum atomic E-state index is 11.6. The van der Waals surface area contributed by atoms with Gasteiger partial charge in [-0.3, -0.25) is 4.79 Å². The van der Waals surface area contributed by atoms with E-state index in [4.69, 9.17) is 10.00 Å². The predicted octanol–water partition coefficient (Wildman–Crippen LogP) is 1.85. The Balaban J connectivity index is 2.64. The molecule has 90 valence electrons.